The van der Waals surface area contributed by atoms with Crippen molar-refractivity contribution in [3.63, 3.8) is 0 Å². The Balaban J connectivity index is 1.84. The van der Waals surface area contributed by atoms with E-state index in [1.54, 1.807) is 6.92 Å². The highest BCUT2D eigenvalue weighted by atomic mass is 32.2. The number of sulfonamides is 1. The van der Waals surface area contributed by atoms with E-state index in [1.165, 1.54) is 11.3 Å². The van der Waals surface area contributed by atoms with Crippen molar-refractivity contribution in [3.05, 3.63) is 29.8 Å². The van der Waals surface area contributed by atoms with Crippen LogP contribution in [0.2, 0.25) is 0 Å². The predicted molar refractivity (Wildman–Crippen MR) is 87.4 cm³/mol. The first-order chi connectivity index (χ1) is 10.4. The Labute approximate surface area is 131 Å². The topological polar surface area (TPSA) is 78.5 Å². The van der Waals surface area contributed by atoms with Crippen LogP contribution in [0.25, 0.3) is 0 Å². The minimum Gasteiger partial charge on any atom is -0.374 e. The Morgan fingerprint density at radius 2 is 2.05 bits per heavy atom. The van der Waals surface area contributed by atoms with E-state index in [1.807, 2.05) is 25.2 Å². The van der Waals surface area contributed by atoms with Gasteiger partial charge in [-0.3, -0.25) is 4.79 Å². The van der Waals surface area contributed by atoms with Crippen molar-refractivity contribution in [1.29, 1.82) is 0 Å². The fourth-order valence-electron chi connectivity index (χ4n) is 2.63. The molecule has 0 unspecified atom stereocenters. The molecule has 0 bridgehead atoms. The third-order valence-electron chi connectivity index (χ3n) is 3.86. The van der Waals surface area contributed by atoms with Gasteiger partial charge in [0.1, 0.15) is 0 Å². The first kappa shape index (κ1) is 16.8. The molecule has 1 atom stereocenters. The summed E-state index contributed by atoms with van der Waals surface area (Å²) in [7, 11) is -1.22. The zero-order valence-corrected chi connectivity index (χ0v) is 13.8. The Kier molecular flexibility index (Phi) is 5.42. The number of rotatable bonds is 6. The van der Waals surface area contributed by atoms with Gasteiger partial charge in [-0.25, -0.2) is 13.1 Å². The molecule has 7 heteroatoms. The summed E-state index contributed by atoms with van der Waals surface area (Å²) < 4.78 is 25.0. The van der Waals surface area contributed by atoms with Crippen molar-refractivity contribution in [1.82, 2.24) is 10.0 Å². The first-order valence-electron chi connectivity index (χ1n) is 7.47. The summed E-state index contributed by atoms with van der Waals surface area (Å²) in [5.74, 6) is -0.0924. The maximum atomic E-state index is 12.2. The minimum absolute atomic E-state index is 0.0305. The third-order valence-corrected chi connectivity index (χ3v) is 5.26. The highest BCUT2D eigenvalue weighted by Crippen LogP contribution is 2.28. The molecular weight excluding hydrogens is 302 g/mol. The van der Waals surface area contributed by atoms with Crippen LogP contribution in [0.1, 0.15) is 12.5 Å². The largest absolute Gasteiger partial charge is 0.374 e. The van der Waals surface area contributed by atoms with Gasteiger partial charge in [-0.15, -0.1) is 0 Å². The van der Waals surface area contributed by atoms with Crippen molar-refractivity contribution in [3.8, 4) is 0 Å². The van der Waals surface area contributed by atoms with Crippen LogP contribution in [0, 0.1) is 5.92 Å². The van der Waals surface area contributed by atoms with Gasteiger partial charge in [0.15, 0.2) is 0 Å². The van der Waals surface area contributed by atoms with E-state index in [0.29, 0.717) is 19.5 Å². The quantitative estimate of drug-likeness (QED) is 0.740. The summed E-state index contributed by atoms with van der Waals surface area (Å²) in [5.41, 5.74) is 2.34. The molecule has 0 fully saturated rings. The smallest absolute Gasteiger partial charge is 0.225 e. The van der Waals surface area contributed by atoms with Crippen LogP contribution in [0.3, 0.4) is 0 Å². The van der Waals surface area contributed by atoms with Gasteiger partial charge >= 0.3 is 0 Å². The second kappa shape index (κ2) is 7.11. The molecule has 1 aromatic rings. The van der Waals surface area contributed by atoms with Gasteiger partial charge in [-0.05, 0) is 25.0 Å². The molecule has 1 aliphatic rings. The number of hydrogen-bond acceptors (Lipinski definition) is 4. The number of carbonyl (C=O) groups excluding carboxylic acids is 1. The molecule has 0 saturated carbocycles. The van der Waals surface area contributed by atoms with Crippen molar-refractivity contribution < 1.29 is 13.2 Å². The van der Waals surface area contributed by atoms with Crippen LogP contribution in [0.15, 0.2) is 24.3 Å². The average Bonchev–Trinajstić information content (AvgIpc) is 2.51. The number of carbonyl (C=O) groups is 1. The number of amides is 1. The molecule has 0 radical (unpaired) electrons. The van der Waals surface area contributed by atoms with Gasteiger partial charge < -0.3 is 10.2 Å². The number of anilines is 1. The number of nitrogens with zero attached hydrogens (tertiary/aromatic N) is 1. The minimum atomic E-state index is -3.20. The van der Waals surface area contributed by atoms with Gasteiger partial charge in [0.25, 0.3) is 0 Å². The van der Waals surface area contributed by atoms with E-state index >= 15 is 0 Å². The van der Waals surface area contributed by atoms with Crippen LogP contribution in [0.4, 0.5) is 5.69 Å². The van der Waals surface area contributed by atoms with Crippen LogP contribution < -0.4 is 14.9 Å². The van der Waals surface area contributed by atoms with Crippen molar-refractivity contribution in [2.45, 2.75) is 13.3 Å². The maximum absolute atomic E-state index is 12.2. The fraction of sp³-hybridized carbons (Fsp3) is 0.533. The molecule has 1 aromatic carbocycles. The molecule has 0 saturated heterocycles. The Morgan fingerprint density at radius 1 is 1.32 bits per heavy atom. The summed E-state index contributed by atoms with van der Waals surface area (Å²) >= 11 is 0. The SMILES string of the molecule is CCS(=O)(=O)NCCNC(=O)[C@H]1Cc2ccccc2N(C)C1. The number of benzene rings is 1. The van der Waals surface area contributed by atoms with E-state index in [4.69, 9.17) is 0 Å². The van der Waals surface area contributed by atoms with E-state index in [0.717, 1.165) is 0 Å². The van der Waals surface area contributed by atoms with Gasteiger partial charge in [0.2, 0.25) is 15.9 Å². The summed E-state index contributed by atoms with van der Waals surface area (Å²) in [5, 5.41) is 2.81. The van der Waals surface area contributed by atoms with Crippen LogP contribution in [-0.2, 0) is 21.2 Å². The molecule has 1 heterocycles. The lowest BCUT2D eigenvalue weighted by Gasteiger charge is -2.32. The molecule has 0 spiro atoms. The number of fused-ring (bicyclic) bond motifs is 1. The van der Waals surface area contributed by atoms with E-state index < -0.39 is 10.0 Å². The summed E-state index contributed by atoms with van der Waals surface area (Å²) in [6.45, 7) is 2.78. The Bertz CT molecular complexity index is 631. The number of para-hydroxylation sites is 1. The van der Waals surface area contributed by atoms with Gasteiger partial charge in [-0.2, -0.15) is 0 Å². The van der Waals surface area contributed by atoms with Crippen LogP contribution in [0.5, 0.6) is 0 Å². The van der Waals surface area contributed by atoms with Crippen molar-refractivity contribution >= 4 is 21.6 Å². The van der Waals surface area contributed by atoms with E-state index in [2.05, 4.69) is 21.0 Å². The second-order valence-corrected chi connectivity index (χ2v) is 7.59. The molecular formula is C15H23N3O3S. The maximum Gasteiger partial charge on any atom is 0.225 e. The van der Waals surface area contributed by atoms with Gasteiger partial charge in [0, 0.05) is 32.4 Å². The van der Waals surface area contributed by atoms with Crippen LogP contribution >= 0.6 is 0 Å². The molecule has 122 valence electrons. The standard InChI is InChI=1S/C15H23N3O3S/c1-3-22(20,21)17-9-8-16-15(19)13-10-12-6-4-5-7-14(12)18(2)11-13/h4-7,13,17H,3,8-11H2,1-2H3,(H,16,19)/t13-/m0/s1. The highest BCUT2D eigenvalue weighted by molar-refractivity contribution is 7.89. The zero-order chi connectivity index (χ0) is 16.2. The lowest BCUT2D eigenvalue weighted by atomic mass is 9.92. The molecule has 2 N–H and O–H groups in total. The Hall–Kier alpha value is -1.60. The second-order valence-electron chi connectivity index (χ2n) is 5.50. The molecule has 6 nitrogen and oxygen atoms in total. The van der Waals surface area contributed by atoms with Crippen molar-refractivity contribution in [2.24, 2.45) is 5.92 Å². The molecule has 22 heavy (non-hydrogen) atoms. The number of nitrogens with one attached hydrogen (secondary N) is 2. The lowest BCUT2D eigenvalue weighted by Crippen LogP contribution is -2.44. The predicted octanol–water partition coefficient (Wildman–Crippen LogP) is 0.351. The lowest BCUT2D eigenvalue weighted by molar-refractivity contribution is -0.124. The molecule has 1 aliphatic heterocycles. The molecule has 0 aliphatic carbocycles. The average molecular weight is 325 g/mol. The van der Waals surface area contributed by atoms with Gasteiger partial charge in [-0.1, -0.05) is 18.2 Å². The first-order valence-corrected chi connectivity index (χ1v) is 9.12. The zero-order valence-electron chi connectivity index (χ0n) is 13.0. The molecule has 0 aromatic heterocycles. The third kappa shape index (κ3) is 4.20. The summed E-state index contributed by atoms with van der Waals surface area (Å²) in [4.78, 5) is 14.3. The normalized spacial score (nSPS) is 17.9. The summed E-state index contributed by atoms with van der Waals surface area (Å²) in [6.07, 6.45) is 0.715. The monoisotopic (exact) mass is 325 g/mol. The highest BCUT2D eigenvalue weighted by Gasteiger charge is 2.26. The van der Waals surface area contributed by atoms with Crippen LogP contribution in [-0.4, -0.2) is 46.8 Å². The van der Waals surface area contributed by atoms with Crippen molar-refractivity contribution in [2.75, 3.05) is 37.3 Å². The fourth-order valence-corrected chi connectivity index (χ4v) is 3.25. The Morgan fingerprint density at radius 3 is 2.77 bits per heavy atom. The number of hydrogen-bond donors (Lipinski definition) is 2. The van der Waals surface area contributed by atoms with E-state index in [-0.39, 0.29) is 24.1 Å². The summed E-state index contributed by atoms with van der Waals surface area (Å²) in [6, 6.07) is 8.08. The molecule has 2 rings (SSSR count). The molecule has 1 amide bonds. The van der Waals surface area contributed by atoms with E-state index in [9.17, 15) is 13.2 Å². The van der Waals surface area contributed by atoms with Gasteiger partial charge in [0.05, 0.1) is 11.7 Å².